The van der Waals surface area contributed by atoms with Crippen LogP contribution >= 0.6 is 11.8 Å². The zero-order valence-corrected chi connectivity index (χ0v) is 9.72. The number of carbonyl (C=O) groups excluding carboxylic acids is 1. The number of nitriles is 1. The number of methoxy groups -OCH3 is 1. The van der Waals surface area contributed by atoms with Crippen molar-refractivity contribution in [1.29, 1.82) is 5.26 Å². The Labute approximate surface area is 104 Å². The molecular weight excluding hydrogens is 271 g/mol. The second kappa shape index (κ2) is 5.18. The van der Waals surface area contributed by atoms with Crippen molar-refractivity contribution in [2.45, 2.75) is 10.4 Å². The number of aromatic hydroxyl groups is 1. The van der Waals surface area contributed by atoms with Crippen LogP contribution in [0.25, 0.3) is 0 Å². The van der Waals surface area contributed by atoms with Gasteiger partial charge in [-0.3, -0.25) is 0 Å². The van der Waals surface area contributed by atoms with Gasteiger partial charge in [0.25, 0.3) is 0 Å². The number of benzene rings is 1. The molecule has 0 saturated carbocycles. The van der Waals surface area contributed by atoms with Crippen LogP contribution in [0.15, 0.2) is 17.0 Å². The van der Waals surface area contributed by atoms with Crippen molar-refractivity contribution < 1.29 is 27.8 Å². The van der Waals surface area contributed by atoms with Crippen LogP contribution in [0.2, 0.25) is 0 Å². The van der Waals surface area contributed by atoms with Gasteiger partial charge in [0.2, 0.25) is 0 Å². The third kappa shape index (κ3) is 3.07. The molecule has 1 aromatic rings. The van der Waals surface area contributed by atoms with Crippen LogP contribution < -0.4 is 0 Å². The van der Waals surface area contributed by atoms with E-state index in [2.05, 4.69) is 4.74 Å². The zero-order valence-electron chi connectivity index (χ0n) is 8.91. The topological polar surface area (TPSA) is 70.3 Å². The van der Waals surface area contributed by atoms with Gasteiger partial charge in [0, 0.05) is 4.90 Å². The first-order valence-electron chi connectivity index (χ1n) is 4.40. The molecule has 0 fully saturated rings. The maximum absolute atomic E-state index is 12.2. The van der Waals surface area contributed by atoms with Gasteiger partial charge in [-0.05, 0) is 23.9 Å². The van der Waals surface area contributed by atoms with Crippen LogP contribution in [0.1, 0.15) is 15.9 Å². The molecule has 18 heavy (non-hydrogen) atoms. The van der Waals surface area contributed by atoms with Gasteiger partial charge < -0.3 is 9.84 Å². The highest BCUT2D eigenvalue weighted by Gasteiger charge is 2.32. The number of halogens is 3. The number of phenolic OH excluding ortho intramolecular Hbond substituents is 1. The highest BCUT2D eigenvalue weighted by molar-refractivity contribution is 8.00. The number of phenols is 1. The van der Waals surface area contributed by atoms with Crippen molar-refractivity contribution in [2.24, 2.45) is 0 Å². The van der Waals surface area contributed by atoms with E-state index < -0.39 is 45.0 Å². The number of alkyl halides is 3. The Morgan fingerprint density at radius 1 is 1.50 bits per heavy atom. The molecule has 4 nitrogen and oxygen atoms in total. The molecule has 0 radical (unpaired) electrons. The summed E-state index contributed by atoms with van der Waals surface area (Å²) in [6.45, 7) is 0. The first kappa shape index (κ1) is 14.2. The Morgan fingerprint density at radius 2 is 2.11 bits per heavy atom. The Hall–Kier alpha value is -1.88. The first-order valence-corrected chi connectivity index (χ1v) is 5.22. The van der Waals surface area contributed by atoms with Crippen LogP contribution in [0.5, 0.6) is 5.75 Å². The van der Waals surface area contributed by atoms with Gasteiger partial charge in [0.15, 0.2) is 0 Å². The summed E-state index contributed by atoms with van der Waals surface area (Å²) in [5.74, 6) is -1.68. The minimum absolute atomic E-state index is 0.469. The molecule has 0 aromatic heterocycles. The van der Waals surface area contributed by atoms with E-state index in [0.717, 1.165) is 19.2 Å². The molecule has 0 aliphatic heterocycles. The van der Waals surface area contributed by atoms with Crippen molar-refractivity contribution in [3.8, 4) is 11.8 Å². The second-order valence-electron chi connectivity index (χ2n) is 2.98. The Kier molecular flexibility index (Phi) is 4.08. The molecule has 0 amide bonds. The van der Waals surface area contributed by atoms with Crippen molar-refractivity contribution in [1.82, 2.24) is 0 Å². The quantitative estimate of drug-likeness (QED) is 0.664. The number of ether oxygens (including phenoxy) is 1. The van der Waals surface area contributed by atoms with Crippen molar-refractivity contribution >= 4 is 17.7 Å². The van der Waals surface area contributed by atoms with E-state index in [1.165, 1.54) is 6.07 Å². The summed E-state index contributed by atoms with van der Waals surface area (Å²) in [5, 5.41) is 18.2. The Morgan fingerprint density at radius 3 is 2.56 bits per heavy atom. The van der Waals surface area contributed by atoms with Crippen LogP contribution in [0, 0.1) is 11.3 Å². The molecule has 0 spiro atoms. The molecule has 0 bridgehead atoms. The van der Waals surface area contributed by atoms with Crippen LogP contribution in [-0.4, -0.2) is 23.7 Å². The number of thioether (sulfide) groups is 1. The van der Waals surface area contributed by atoms with Gasteiger partial charge in [-0.25, -0.2) is 4.79 Å². The Balaban J connectivity index is 3.40. The van der Waals surface area contributed by atoms with Crippen molar-refractivity contribution in [3.05, 3.63) is 23.3 Å². The minimum atomic E-state index is -4.60. The van der Waals surface area contributed by atoms with Gasteiger partial charge in [0.1, 0.15) is 17.4 Å². The van der Waals surface area contributed by atoms with E-state index in [1.54, 1.807) is 0 Å². The summed E-state index contributed by atoms with van der Waals surface area (Å²) in [4.78, 5) is 10.8. The lowest BCUT2D eigenvalue weighted by Crippen LogP contribution is -2.07. The summed E-state index contributed by atoms with van der Waals surface area (Å²) in [6.07, 6.45) is 0. The fourth-order valence-corrected chi connectivity index (χ4v) is 1.84. The summed E-state index contributed by atoms with van der Waals surface area (Å²) in [6, 6.07) is 3.28. The monoisotopic (exact) mass is 277 g/mol. The zero-order chi connectivity index (χ0) is 13.9. The van der Waals surface area contributed by atoms with Crippen molar-refractivity contribution in [2.75, 3.05) is 7.11 Å². The number of hydrogen-bond donors (Lipinski definition) is 1. The maximum atomic E-state index is 12.2. The number of carbonyl (C=O) groups is 1. The maximum Gasteiger partial charge on any atom is 0.446 e. The van der Waals surface area contributed by atoms with Gasteiger partial charge in [-0.2, -0.15) is 18.4 Å². The summed E-state index contributed by atoms with van der Waals surface area (Å²) in [5.41, 5.74) is -5.74. The molecule has 0 atom stereocenters. The molecule has 0 heterocycles. The molecule has 1 aromatic carbocycles. The number of hydrogen-bond acceptors (Lipinski definition) is 5. The average Bonchev–Trinajstić information content (AvgIpc) is 2.28. The summed E-state index contributed by atoms with van der Waals surface area (Å²) >= 11 is -0.539. The van der Waals surface area contributed by atoms with Gasteiger partial charge >= 0.3 is 11.5 Å². The minimum Gasteiger partial charge on any atom is -0.507 e. The third-order valence-electron chi connectivity index (χ3n) is 1.87. The van der Waals surface area contributed by atoms with E-state index in [4.69, 9.17) is 5.26 Å². The van der Waals surface area contributed by atoms with E-state index in [1.807, 2.05) is 0 Å². The SMILES string of the molecule is COC(=O)c1c(O)ccc(SC(F)(F)F)c1C#N. The second-order valence-corrected chi connectivity index (χ2v) is 4.09. The normalized spacial score (nSPS) is 10.8. The molecule has 96 valence electrons. The third-order valence-corrected chi connectivity index (χ3v) is 2.66. The highest BCUT2D eigenvalue weighted by atomic mass is 32.2. The lowest BCUT2D eigenvalue weighted by molar-refractivity contribution is -0.0328. The molecule has 1 rings (SSSR count). The van der Waals surface area contributed by atoms with Gasteiger partial charge in [-0.15, -0.1) is 0 Å². The molecule has 0 unspecified atom stereocenters. The van der Waals surface area contributed by atoms with Crippen LogP contribution in [0.4, 0.5) is 13.2 Å². The average molecular weight is 277 g/mol. The molecule has 1 N–H and O–H groups in total. The lowest BCUT2D eigenvalue weighted by atomic mass is 10.1. The van der Waals surface area contributed by atoms with Crippen LogP contribution in [0.3, 0.4) is 0 Å². The standard InChI is InChI=1S/C10H6F3NO3S/c1-17-9(16)8-5(4-14)7(3-2-6(8)15)18-10(11,12)13/h2-3,15H,1H3. The summed E-state index contributed by atoms with van der Waals surface area (Å²) in [7, 11) is 0.993. The Bertz CT molecular complexity index is 522. The number of esters is 1. The van der Waals surface area contributed by atoms with E-state index >= 15 is 0 Å². The van der Waals surface area contributed by atoms with Gasteiger partial charge in [0.05, 0.1) is 12.7 Å². The number of nitrogens with zero attached hydrogens (tertiary/aromatic N) is 1. The molecule has 8 heteroatoms. The van der Waals surface area contributed by atoms with E-state index in [0.29, 0.717) is 0 Å². The first-order chi connectivity index (χ1) is 8.30. The van der Waals surface area contributed by atoms with Gasteiger partial charge in [-0.1, -0.05) is 0 Å². The predicted octanol–water partition coefficient (Wildman–Crippen LogP) is 2.66. The fraction of sp³-hybridized carbons (Fsp3) is 0.200. The fourth-order valence-electron chi connectivity index (χ4n) is 1.20. The molecule has 0 aliphatic carbocycles. The smallest absolute Gasteiger partial charge is 0.446 e. The molecule has 0 aliphatic rings. The van der Waals surface area contributed by atoms with E-state index in [9.17, 15) is 23.1 Å². The molecular formula is C10H6F3NO3S. The predicted molar refractivity (Wildman–Crippen MR) is 56.1 cm³/mol. The molecule has 0 saturated heterocycles. The number of rotatable bonds is 2. The van der Waals surface area contributed by atoms with Crippen LogP contribution in [-0.2, 0) is 4.74 Å². The van der Waals surface area contributed by atoms with E-state index in [-0.39, 0.29) is 0 Å². The summed E-state index contributed by atoms with van der Waals surface area (Å²) < 4.78 is 41.0. The highest BCUT2D eigenvalue weighted by Crippen LogP contribution is 2.40. The van der Waals surface area contributed by atoms with Crippen molar-refractivity contribution in [3.63, 3.8) is 0 Å². The lowest BCUT2D eigenvalue weighted by Gasteiger charge is -2.10. The largest absolute Gasteiger partial charge is 0.507 e.